The first-order chi connectivity index (χ1) is 13.5. The van der Waals surface area contributed by atoms with Crippen LogP contribution in [0.1, 0.15) is 18.2 Å². The molecule has 1 unspecified atom stereocenters. The van der Waals surface area contributed by atoms with Gasteiger partial charge < -0.3 is 8.92 Å². The van der Waals surface area contributed by atoms with Gasteiger partial charge in [-0.05, 0) is 31.9 Å². The molecule has 11 nitrogen and oxygen atoms in total. The van der Waals surface area contributed by atoms with Crippen molar-refractivity contribution in [2.75, 3.05) is 12.4 Å². The monoisotopic (exact) mass is 442 g/mol. The summed E-state index contributed by atoms with van der Waals surface area (Å²) in [5.41, 5.74) is 0.891. The first kappa shape index (κ1) is 20.8. The Labute approximate surface area is 167 Å². The number of urea groups is 1. The van der Waals surface area contributed by atoms with Gasteiger partial charge in [0, 0.05) is 11.8 Å². The molecule has 3 rings (SSSR count). The van der Waals surface area contributed by atoms with Crippen LogP contribution in [0.15, 0.2) is 29.2 Å². The Morgan fingerprint density at radius 3 is 2.72 bits per heavy atom. The lowest BCUT2D eigenvalue weighted by molar-refractivity contribution is 0.256. The molecule has 0 saturated carbocycles. The van der Waals surface area contributed by atoms with E-state index in [-0.39, 0.29) is 24.0 Å². The van der Waals surface area contributed by atoms with Gasteiger partial charge in [-0.2, -0.15) is 13.4 Å². The summed E-state index contributed by atoms with van der Waals surface area (Å²) in [7, 11) is -7.05. The van der Waals surface area contributed by atoms with E-state index in [1.54, 1.807) is 17.7 Å². The predicted octanol–water partition coefficient (Wildman–Crippen LogP) is 0.957. The van der Waals surface area contributed by atoms with Crippen LogP contribution in [0.5, 0.6) is 11.6 Å². The Kier molecular flexibility index (Phi) is 5.36. The fourth-order valence-corrected chi connectivity index (χ4v) is 4.75. The van der Waals surface area contributed by atoms with Gasteiger partial charge in [0.25, 0.3) is 10.0 Å². The number of aryl methyl sites for hydroxylation is 1. The summed E-state index contributed by atoms with van der Waals surface area (Å²) in [4.78, 5) is 19.6. The van der Waals surface area contributed by atoms with Gasteiger partial charge in [-0.25, -0.2) is 22.9 Å². The minimum atomic E-state index is -4.45. The zero-order chi connectivity index (χ0) is 21.4. The lowest BCUT2D eigenvalue weighted by Gasteiger charge is -2.24. The fourth-order valence-electron chi connectivity index (χ4n) is 2.64. The smallest absolute Gasteiger partial charge is 0.335 e. The molecule has 1 aliphatic heterocycles. The summed E-state index contributed by atoms with van der Waals surface area (Å²) in [6, 6.07) is 4.53. The zero-order valence-electron chi connectivity index (χ0n) is 15.7. The number of nitrogens with one attached hydrogen (secondary N) is 2. The van der Waals surface area contributed by atoms with Crippen LogP contribution in [0.2, 0.25) is 0 Å². The standard InChI is InChI=1S/C16H18N4O7S2/c1-9-7-13(26-3)18-15(17-9)19-16(21)20-28(22,23)12-6-4-5-11-8-10(2)29(24,25)27-14(11)12/h4-7,10H,8H2,1-3H3,(H2,17,18,19,20,21). The van der Waals surface area contributed by atoms with Crippen LogP contribution in [0.25, 0.3) is 0 Å². The number of ether oxygens (including phenoxy) is 1. The molecule has 2 heterocycles. The minimum absolute atomic E-state index is 0.0875. The van der Waals surface area contributed by atoms with Crippen LogP contribution in [-0.4, -0.2) is 45.2 Å². The van der Waals surface area contributed by atoms with Crippen molar-refractivity contribution in [3.8, 4) is 11.6 Å². The third kappa shape index (κ3) is 4.40. The van der Waals surface area contributed by atoms with Crippen molar-refractivity contribution in [2.45, 2.75) is 30.4 Å². The van der Waals surface area contributed by atoms with Crippen LogP contribution >= 0.6 is 0 Å². The van der Waals surface area contributed by atoms with Crippen molar-refractivity contribution in [1.82, 2.24) is 14.7 Å². The second kappa shape index (κ2) is 7.48. The van der Waals surface area contributed by atoms with Gasteiger partial charge >= 0.3 is 16.1 Å². The largest absolute Gasteiger partial charge is 0.481 e. The van der Waals surface area contributed by atoms with Gasteiger partial charge in [-0.1, -0.05) is 12.1 Å². The van der Waals surface area contributed by atoms with E-state index >= 15 is 0 Å². The Morgan fingerprint density at radius 2 is 2.03 bits per heavy atom. The van der Waals surface area contributed by atoms with E-state index in [0.29, 0.717) is 11.3 Å². The second-order valence-electron chi connectivity index (χ2n) is 6.27. The molecule has 1 aromatic heterocycles. The van der Waals surface area contributed by atoms with E-state index in [0.717, 1.165) is 6.07 Å². The molecule has 1 atom stereocenters. The molecular weight excluding hydrogens is 424 g/mol. The van der Waals surface area contributed by atoms with Crippen molar-refractivity contribution in [1.29, 1.82) is 0 Å². The fraction of sp³-hybridized carbons (Fsp3) is 0.312. The molecule has 0 bridgehead atoms. The summed E-state index contributed by atoms with van der Waals surface area (Å²) in [5, 5.41) is 1.37. The zero-order valence-corrected chi connectivity index (χ0v) is 17.3. The van der Waals surface area contributed by atoms with E-state index in [2.05, 4.69) is 15.3 Å². The minimum Gasteiger partial charge on any atom is -0.481 e. The number of benzene rings is 1. The van der Waals surface area contributed by atoms with E-state index in [1.807, 2.05) is 0 Å². The average Bonchev–Trinajstić information content (AvgIpc) is 2.60. The van der Waals surface area contributed by atoms with Crippen LogP contribution in [0.4, 0.5) is 10.7 Å². The predicted molar refractivity (Wildman–Crippen MR) is 102 cm³/mol. The van der Waals surface area contributed by atoms with Gasteiger partial charge in [0.15, 0.2) is 5.75 Å². The number of hydrogen-bond donors (Lipinski definition) is 2. The van der Waals surface area contributed by atoms with Crippen molar-refractivity contribution >= 4 is 32.1 Å². The van der Waals surface area contributed by atoms with Gasteiger partial charge in [0.05, 0.1) is 12.4 Å². The molecule has 2 aromatic rings. The highest BCUT2D eigenvalue weighted by Crippen LogP contribution is 2.35. The van der Waals surface area contributed by atoms with Crippen molar-refractivity contribution < 1.29 is 30.6 Å². The third-order valence-electron chi connectivity index (χ3n) is 4.04. The Balaban J connectivity index is 1.87. The highest BCUT2D eigenvalue weighted by Gasteiger charge is 2.35. The Hall–Kier alpha value is -2.93. The quantitative estimate of drug-likeness (QED) is 0.659. The van der Waals surface area contributed by atoms with Gasteiger partial charge in [0.1, 0.15) is 4.90 Å². The van der Waals surface area contributed by atoms with E-state index < -0.39 is 36.3 Å². The highest BCUT2D eigenvalue weighted by atomic mass is 32.2. The van der Waals surface area contributed by atoms with Crippen LogP contribution in [0, 0.1) is 6.92 Å². The maximum Gasteiger partial charge on any atom is 0.335 e. The van der Waals surface area contributed by atoms with Crippen molar-refractivity contribution in [3.63, 3.8) is 0 Å². The molecule has 29 heavy (non-hydrogen) atoms. The lowest BCUT2D eigenvalue weighted by Crippen LogP contribution is -2.36. The summed E-state index contributed by atoms with van der Waals surface area (Å²) in [6.45, 7) is 3.10. The highest BCUT2D eigenvalue weighted by molar-refractivity contribution is 7.90. The van der Waals surface area contributed by atoms with E-state index in [9.17, 15) is 21.6 Å². The number of aromatic nitrogens is 2. The number of nitrogens with zero attached hydrogens (tertiary/aromatic N) is 2. The normalized spacial score (nSPS) is 17.6. The van der Waals surface area contributed by atoms with Crippen molar-refractivity contribution in [2.24, 2.45) is 0 Å². The number of anilines is 1. The summed E-state index contributed by atoms with van der Waals surface area (Å²) < 4.78 is 61.1. The topological polar surface area (TPSA) is 154 Å². The number of para-hydroxylation sites is 1. The molecule has 0 aliphatic carbocycles. The molecule has 0 spiro atoms. The number of amides is 2. The lowest BCUT2D eigenvalue weighted by atomic mass is 10.1. The van der Waals surface area contributed by atoms with Crippen LogP contribution in [0.3, 0.4) is 0 Å². The van der Waals surface area contributed by atoms with Gasteiger partial charge in [-0.15, -0.1) is 0 Å². The number of hydrogen-bond acceptors (Lipinski definition) is 9. The summed E-state index contributed by atoms with van der Waals surface area (Å²) in [6.07, 6.45) is 0.0875. The molecule has 13 heteroatoms. The SMILES string of the molecule is COc1cc(C)nc(NC(=O)NS(=O)(=O)c2cccc3c2OS(=O)(=O)C(C)C3)n1. The third-order valence-corrected chi connectivity index (χ3v) is 6.95. The Bertz CT molecular complexity index is 1180. The maximum atomic E-state index is 12.7. The number of sulfonamides is 1. The first-order valence-electron chi connectivity index (χ1n) is 8.30. The number of carbonyl (C=O) groups is 1. The Morgan fingerprint density at radius 1 is 1.31 bits per heavy atom. The van der Waals surface area contributed by atoms with Crippen LogP contribution in [-0.2, 0) is 26.6 Å². The van der Waals surface area contributed by atoms with E-state index in [4.69, 9.17) is 8.92 Å². The number of methoxy groups -OCH3 is 1. The molecular formula is C16H18N4O7S2. The molecule has 0 saturated heterocycles. The summed E-state index contributed by atoms with van der Waals surface area (Å²) >= 11 is 0. The number of fused-ring (bicyclic) bond motifs is 1. The van der Waals surface area contributed by atoms with Gasteiger partial charge in [0.2, 0.25) is 11.8 Å². The van der Waals surface area contributed by atoms with Crippen LogP contribution < -0.4 is 19.0 Å². The molecule has 1 aromatic carbocycles. The maximum absolute atomic E-state index is 12.7. The molecule has 156 valence electrons. The summed E-state index contributed by atoms with van der Waals surface area (Å²) in [5.74, 6) is -0.308. The second-order valence-corrected chi connectivity index (χ2v) is 9.88. The van der Waals surface area contributed by atoms with Crippen molar-refractivity contribution in [3.05, 3.63) is 35.5 Å². The van der Waals surface area contributed by atoms with E-state index in [1.165, 1.54) is 26.2 Å². The molecule has 0 fully saturated rings. The van der Waals surface area contributed by atoms with Gasteiger partial charge in [-0.3, -0.25) is 5.32 Å². The molecule has 0 radical (unpaired) electrons. The molecule has 2 amide bonds. The number of carbonyl (C=O) groups excluding carboxylic acids is 1. The molecule has 2 N–H and O–H groups in total. The average molecular weight is 442 g/mol. The number of rotatable bonds is 4. The molecule has 1 aliphatic rings. The first-order valence-corrected chi connectivity index (χ1v) is 11.3.